The molecule has 0 aliphatic carbocycles. The fourth-order valence-electron chi connectivity index (χ4n) is 3.03. The number of rotatable bonds is 9. The first-order valence-electron chi connectivity index (χ1n) is 10.3. The third-order valence-electron chi connectivity index (χ3n) is 4.86. The van der Waals surface area contributed by atoms with E-state index < -0.39 is 10.0 Å². The fourth-order valence-corrected chi connectivity index (χ4v) is 4.13. The van der Waals surface area contributed by atoms with Crippen molar-refractivity contribution in [2.75, 3.05) is 4.72 Å². The van der Waals surface area contributed by atoms with Gasteiger partial charge in [0.05, 0.1) is 4.90 Å². The Kier molecular flexibility index (Phi) is 7.41. The Labute approximate surface area is 183 Å². The molecule has 7 heteroatoms. The van der Waals surface area contributed by atoms with Gasteiger partial charge in [0.2, 0.25) is 0 Å². The van der Waals surface area contributed by atoms with Gasteiger partial charge >= 0.3 is 0 Å². The van der Waals surface area contributed by atoms with Crippen LogP contribution in [-0.4, -0.2) is 19.3 Å². The highest BCUT2D eigenvalue weighted by molar-refractivity contribution is 7.92. The van der Waals surface area contributed by atoms with Gasteiger partial charge in [0, 0.05) is 29.7 Å². The molecule has 0 bridgehead atoms. The van der Waals surface area contributed by atoms with E-state index >= 15 is 0 Å². The van der Waals surface area contributed by atoms with Crippen LogP contribution in [0.3, 0.4) is 0 Å². The van der Waals surface area contributed by atoms with E-state index in [1.54, 1.807) is 30.5 Å². The van der Waals surface area contributed by atoms with Crippen molar-refractivity contribution in [3.05, 3.63) is 89.2 Å². The third-order valence-corrected chi connectivity index (χ3v) is 6.24. The number of carbonyl (C=O) groups excluding carboxylic acids is 1. The van der Waals surface area contributed by atoms with Gasteiger partial charge in [0.25, 0.3) is 15.9 Å². The summed E-state index contributed by atoms with van der Waals surface area (Å²) >= 11 is 0. The van der Waals surface area contributed by atoms with Gasteiger partial charge in [-0.2, -0.15) is 0 Å². The summed E-state index contributed by atoms with van der Waals surface area (Å²) < 4.78 is 28.2. The molecule has 0 radical (unpaired) electrons. The Morgan fingerprint density at radius 2 is 1.74 bits per heavy atom. The number of pyridine rings is 1. The molecule has 0 aliphatic rings. The lowest BCUT2D eigenvalue weighted by atomic mass is 10.1. The largest absolute Gasteiger partial charge is 0.348 e. The fraction of sp³-hybridized carbons (Fsp3) is 0.250. The minimum atomic E-state index is -3.81. The van der Waals surface area contributed by atoms with Crippen molar-refractivity contribution in [2.24, 2.45) is 0 Å². The highest BCUT2D eigenvalue weighted by Gasteiger charge is 2.16. The van der Waals surface area contributed by atoms with Crippen molar-refractivity contribution in [3.63, 3.8) is 0 Å². The normalized spacial score (nSPS) is 11.2. The topological polar surface area (TPSA) is 88.2 Å². The molecule has 2 N–H and O–H groups in total. The van der Waals surface area contributed by atoms with Gasteiger partial charge in [-0.15, -0.1) is 0 Å². The molecule has 0 spiro atoms. The third kappa shape index (κ3) is 6.39. The van der Waals surface area contributed by atoms with Crippen LogP contribution in [0.4, 0.5) is 5.69 Å². The van der Waals surface area contributed by atoms with E-state index in [-0.39, 0.29) is 16.4 Å². The molecule has 1 amide bonds. The van der Waals surface area contributed by atoms with Crippen LogP contribution in [-0.2, 0) is 23.0 Å². The second kappa shape index (κ2) is 10.2. The van der Waals surface area contributed by atoms with E-state index in [0.717, 1.165) is 30.5 Å². The number of benzene rings is 2. The minimum absolute atomic E-state index is 0.0345. The Balaban J connectivity index is 1.67. The molecule has 0 saturated heterocycles. The van der Waals surface area contributed by atoms with Crippen LogP contribution in [0.5, 0.6) is 0 Å². The number of aryl methyl sites for hydroxylation is 2. The molecule has 1 heterocycles. The average Bonchev–Trinajstić information content (AvgIpc) is 2.78. The predicted molar refractivity (Wildman–Crippen MR) is 122 cm³/mol. The zero-order chi connectivity index (χ0) is 22.3. The van der Waals surface area contributed by atoms with E-state index in [1.165, 1.54) is 17.7 Å². The van der Waals surface area contributed by atoms with Crippen LogP contribution in [0.15, 0.2) is 71.8 Å². The molecule has 3 rings (SSSR count). The molecule has 0 saturated carbocycles. The molecular formula is C24H27N3O3S. The number of nitrogens with zero attached hydrogens (tertiary/aromatic N) is 1. The number of nitrogens with one attached hydrogen (secondary N) is 2. The summed E-state index contributed by atoms with van der Waals surface area (Å²) in [6.45, 7) is 4.34. The second-order valence-corrected chi connectivity index (χ2v) is 9.11. The minimum Gasteiger partial charge on any atom is -0.348 e. The summed E-state index contributed by atoms with van der Waals surface area (Å²) in [6, 6.07) is 17.1. The number of unbranched alkanes of at least 4 members (excludes halogenated alkanes) is 1. The number of anilines is 1. The van der Waals surface area contributed by atoms with Crippen molar-refractivity contribution in [1.29, 1.82) is 0 Å². The molecular weight excluding hydrogens is 410 g/mol. The van der Waals surface area contributed by atoms with Gasteiger partial charge in [-0.1, -0.05) is 37.6 Å². The van der Waals surface area contributed by atoms with Gasteiger partial charge < -0.3 is 5.32 Å². The first kappa shape index (κ1) is 22.5. The first-order valence-corrected chi connectivity index (χ1v) is 11.8. The summed E-state index contributed by atoms with van der Waals surface area (Å²) in [5.74, 6) is -0.349. The van der Waals surface area contributed by atoms with E-state index in [0.29, 0.717) is 12.2 Å². The molecule has 0 aliphatic heterocycles. The molecule has 6 nitrogen and oxygen atoms in total. The van der Waals surface area contributed by atoms with Crippen molar-refractivity contribution < 1.29 is 13.2 Å². The van der Waals surface area contributed by atoms with Gasteiger partial charge in [-0.3, -0.25) is 14.5 Å². The van der Waals surface area contributed by atoms with Crippen LogP contribution in [0.25, 0.3) is 0 Å². The summed E-state index contributed by atoms with van der Waals surface area (Å²) in [6.07, 6.45) is 4.88. The number of hydrogen-bond acceptors (Lipinski definition) is 4. The lowest BCUT2D eigenvalue weighted by Crippen LogP contribution is -2.23. The molecule has 1 aromatic heterocycles. The highest BCUT2D eigenvalue weighted by Crippen LogP contribution is 2.18. The van der Waals surface area contributed by atoms with Crippen molar-refractivity contribution in [3.8, 4) is 0 Å². The number of carbonyl (C=O) groups is 1. The number of hydrogen-bond donors (Lipinski definition) is 2. The maximum Gasteiger partial charge on any atom is 0.261 e. The average molecular weight is 438 g/mol. The zero-order valence-corrected chi connectivity index (χ0v) is 18.6. The van der Waals surface area contributed by atoms with Gasteiger partial charge in [-0.25, -0.2) is 8.42 Å². The van der Waals surface area contributed by atoms with Crippen molar-refractivity contribution in [1.82, 2.24) is 10.3 Å². The van der Waals surface area contributed by atoms with Crippen LogP contribution in [0.1, 0.15) is 46.9 Å². The Morgan fingerprint density at radius 3 is 2.42 bits per heavy atom. The zero-order valence-electron chi connectivity index (χ0n) is 17.8. The standard InChI is InChI=1S/C24H27N3O3S/c1-3-4-6-19-11-13-22(14-12-19)27-31(29,30)23-8-5-7-21(15-23)24(28)26-17-20-10-9-18(2)25-16-20/h5,7-16,27H,3-4,6,17H2,1-2H3,(H,26,28). The molecule has 2 aromatic carbocycles. The SMILES string of the molecule is CCCCc1ccc(NS(=O)(=O)c2cccc(C(=O)NCc3ccc(C)nc3)c2)cc1. The van der Waals surface area contributed by atoms with Crippen molar-refractivity contribution in [2.45, 2.75) is 44.6 Å². The van der Waals surface area contributed by atoms with Crippen LogP contribution >= 0.6 is 0 Å². The Bertz CT molecular complexity index is 1130. The molecule has 31 heavy (non-hydrogen) atoms. The maximum absolute atomic E-state index is 12.8. The number of aromatic nitrogens is 1. The van der Waals surface area contributed by atoms with Gasteiger partial charge in [-0.05, 0) is 67.3 Å². The van der Waals surface area contributed by atoms with Crippen LogP contribution < -0.4 is 10.0 Å². The molecule has 3 aromatic rings. The molecule has 0 fully saturated rings. The monoisotopic (exact) mass is 437 g/mol. The van der Waals surface area contributed by atoms with Crippen molar-refractivity contribution >= 4 is 21.6 Å². The quantitative estimate of drug-likeness (QED) is 0.517. The lowest BCUT2D eigenvalue weighted by Gasteiger charge is -2.11. The van der Waals surface area contributed by atoms with E-state index in [1.807, 2.05) is 31.2 Å². The molecule has 0 unspecified atom stereocenters. The summed E-state index contributed by atoms with van der Waals surface area (Å²) in [4.78, 5) is 16.7. The number of amides is 1. The smallest absolute Gasteiger partial charge is 0.261 e. The highest BCUT2D eigenvalue weighted by atomic mass is 32.2. The summed E-state index contributed by atoms with van der Waals surface area (Å²) in [7, 11) is -3.81. The molecule has 162 valence electrons. The second-order valence-electron chi connectivity index (χ2n) is 7.42. The van der Waals surface area contributed by atoms with E-state index in [9.17, 15) is 13.2 Å². The predicted octanol–water partition coefficient (Wildman–Crippen LogP) is 4.46. The molecule has 0 atom stereocenters. The lowest BCUT2D eigenvalue weighted by molar-refractivity contribution is 0.0950. The maximum atomic E-state index is 12.8. The summed E-state index contributed by atoms with van der Waals surface area (Å²) in [5.41, 5.74) is 3.70. The van der Waals surface area contributed by atoms with Crippen LogP contribution in [0, 0.1) is 6.92 Å². The Morgan fingerprint density at radius 1 is 1.00 bits per heavy atom. The Hall–Kier alpha value is -3.19. The summed E-state index contributed by atoms with van der Waals surface area (Å²) in [5, 5.41) is 2.79. The van der Waals surface area contributed by atoms with Gasteiger partial charge in [0.1, 0.15) is 0 Å². The number of sulfonamides is 1. The van der Waals surface area contributed by atoms with Crippen LogP contribution in [0.2, 0.25) is 0 Å². The van der Waals surface area contributed by atoms with E-state index in [4.69, 9.17) is 0 Å². The first-order chi connectivity index (χ1) is 14.9. The van der Waals surface area contributed by atoms with Gasteiger partial charge in [0.15, 0.2) is 0 Å². The van der Waals surface area contributed by atoms with E-state index in [2.05, 4.69) is 21.9 Å².